The van der Waals surface area contributed by atoms with Crippen LogP contribution in [0.3, 0.4) is 0 Å². The smallest absolute Gasteiger partial charge is 0.276 e. The number of aryl methyl sites for hydroxylation is 1. The van der Waals surface area contributed by atoms with E-state index in [9.17, 15) is 9.59 Å². The quantitative estimate of drug-likeness (QED) is 0.448. The second kappa shape index (κ2) is 9.08. The molecule has 0 radical (unpaired) electrons. The van der Waals surface area contributed by atoms with E-state index in [-0.39, 0.29) is 11.5 Å². The summed E-state index contributed by atoms with van der Waals surface area (Å²) in [5.74, 6) is -0.00949. The Labute approximate surface area is 197 Å². The van der Waals surface area contributed by atoms with Gasteiger partial charge in [-0.05, 0) is 25.0 Å². The average Bonchev–Trinajstić information content (AvgIpc) is 3.24. The van der Waals surface area contributed by atoms with E-state index in [0.717, 1.165) is 40.1 Å². The zero-order chi connectivity index (χ0) is 22.9. The van der Waals surface area contributed by atoms with Crippen molar-refractivity contribution in [2.45, 2.75) is 32.9 Å². The lowest BCUT2D eigenvalue weighted by Gasteiger charge is -2.36. The minimum atomic E-state index is -0.583. The van der Waals surface area contributed by atoms with Gasteiger partial charge in [-0.3, -0.25) is 14.5 Å². The molecule has 1 aliphatic rings. The van der Waals surface area contributed by atoms with E-state index in [0.29, 0.717) is 24.9 Å². The highest BCUT2D eigenvalue weighted by atomic mass is 32.1. The van der Waals surface area contributed by atoms with Crippen molar-refractivity contribution >= 4 is 37.4 Å². The lowest BCUT2D eigenvalue weighted by molar-refractivity contribution is -0.137. The number of carbonyl (C=O) groups excluding carboxylic acids is 1. The molecule has 4 aromatic rings. The van der Waals surface area contributed by atoms with Crippen molar-refractivity contribution in [1.82, 2.24) is 19.6 Å². The van der Waals surface area contributed by atoms with Crippen molar-refractivity contribution in [3.63, 3.8) is 0 Å². The number of carbonyl (C=O) groups is 1. The number of piperazine rings is 1. The molecule has 7 heteroatoms. The molecule has 1 amide bonds. The van der Waals surface area contributed by atoms with Gasteiger partial charge in [-0.2, -0.15) is 5.10 Å². The van der Waals surface area contributed by atoms with Gasteiger partial charge < -0.3 is 4.90 Å². The maximum absolute atomic E-state index is 13.5. The number of aromatic nitrogens is 2. The average molecular weight is 461 g/mol. The van der Waals surface area contributed by atoms with Gasteiger partial charge in [0, 0.05) is 42.8 Å². The van der Waals surface area contributed by atoms with Crippen molar-refractivity contribution in [2.24, 2.45) is 0 Å². The Hall–Kier alpha value is -3.03. The molecule has 6 nitrogen and oxygen atoms in total. The molecule has 3 heterocycles. The maximum Gasteiger partial charge on any atom is 0.276 e. The summed E-state index contributed by atoms with van der Waals surface area (Å²) in [4.78, 5) is 31.3. The highest BCUT2D eigenvalue weighted by Gasteiger charge is 2.30. The summed E-state index contributed by atoms with van der Waals surface area (Å²) in [6.45, 7) is 7.75. The van der Waals surface area contributed by atoms with Crippen LogP contribution in [-0.2, 0) is 11.3 Å². The Bertz CT molecular complexity index is 1350. The van der Waals surface area contributed by atoms with Crippen LogP contribution in [0.1, 0.15) is 30.6 Å². The standard InChI is InChI=1S/C26H28N4O2S/c1-3-21(25(31)29-15-13-28(14-16-29)17-19-9-5-4-6-10-19)30-26(32)23-20-11-7-8-12-22(20)33-24(23)18(2)27-30/h4-12,21H,3,13-17H2,1-2H3. The fourth-order valence-electron chi connectivity index (χ4n) is 4.72. The van der Waals surface area contributed by atoms with Gasteiger partial charge >= 0.3 is 0 Å². The lowest BCUT2D eigenvalue weighted by atomic mass is 10.1. The third-order valence-electron chi connectivity index (χ3n) is 6.50. The summed E-state index contributed by atoms with van der Waals surface area (Å²) in [6, 6.07) is 17.8. The van der Waals surface area contributed by atoms with Crippen LogP contribution in [0.25, 0.3) is 20.2 Å². The fraction of sp³-hybridized carbons (Fsp3) is 0.346. The lowest BCUT2D eigenvalue weighted by Crippen LogP contribution is -2.51. The van der Waals surface area contributed by atoms with Crippen molar-refractivity contribution in [3.8, 4) is 0 Å². The predicted octanol–water partition coefficient (Wildman–Crippen LogP) is 4.22. The molecule has 1 atom stereocenters. The van der Waals surface area contributed by atoms with Crippen LogP contribution in [0, 0.1) is 6.92 Å². The van der Waals surface area contributed by atoms with E-state index < -0.39 is 6.04 Å². The van der Waals surface area contributed by atoms with Crippen LogP contribution in [0.2, 0.25) is 0 Å². The van der Waals surface area contributed by atoms with E-state index in [1.54, 1.807) is 11.3 Å². The van der Waals surface area contributed by atoms with Crippen molar-refractivity contribution in [2.75, 3.05) is 26.2 Å². The molecule has 0 N–H and O–H groups in total. The maximum atomic E-state index is 13.5. The molecule has 2 aromatic heterocycles. The molecule has 33 heavy (non-hydrogen) atoms. The highest BCUT2D eigenvalue weighted by Crippen LogP contribution is 2.33. The van der Waals surface area contributed by atoms with Crippen LogP contribution in [-0.4, -0.2) is 51.7 Å². The summed E-state index contributed by atoms with van der Waals surface area (Å²) in [7, 11) is 0. The molecule has 1 saturated heterocycles. The first-order valence-corrected chi connectivity index (χ1v) is 12.3. The summed E-state index contributed by atoms with van der Waals surface area (Å²) < 4.78 is 3.42. The topological polar surface area (TPSA) is 58.4 Å². The summed E-state index contributed by atoms with van der Waals surface area (Å²) >= 11 is 1.59. The van der Waals surface area contributed by atoms with E-state index in [2.05, 4.69) is 34.3 Å². The normalized spacial score (nSPS) is 15.9. The van der Waals surface area contributed by atoms with Gasteiger partial charge in [0.2, 0.25) is 5.91 Å². The zero-order valence-electron chi connectivity index (χ0n) is 19.0. The molecule has 0 spiro atoms. The third-order valence-corrected chi connectivity index (χ3v) is 7.78. The largest absolute Gasteiger partial charge is 0.338 e. The SMILES string of the molecule is CCC(C(=O)N1CCN(Cc2ccccc2)CC1)n1nc(C)c2sc3ccccc3c2c1=O. The second-order valence-corrected chi connectivity index (χ2v) is 9.70. The molecule has 0 saturated carbocycles. The number of hydrogen-bond donors (Lipinski definition) is 0. The van der Waals surface area contributed by atoms with Crippen LogP contribution in [0.15, 0.2) is 59.4 Å². The van der Waals surface area contributed by atoms with E-state index in [1.807, 2.05) is 49.1 Å². The first kappa shape index (κ1) is 21.8. The van der Waals surface area contributed by atoms with Gasteiger partial charge in [0.25, 0.3) is 5.56 Å². The van der Waals surface area contributed by atoms with Gasteiger partial charge in [0.05, 0.1) is 15.8 Å². The van der Waals surface area contributed by atoms with E-state index in [1.165, 1.54) is 10.2 Å². The van der Waals surface area contributed by atoms with E-state index >= 15 is 0 Å². The summed E-state index contributed by atoms with van der Waals surface area (Å²) in [5.41, 5.74) is 1.91. The monoisotopic (exact) mass is 460 g/mol. The number of amides is 1. The van der Waals surface area contributed by atoms with Gasteiger partial charge in [0.15, 0.2) is 0 Å². The molecular formula is C26H28N4O2S. The summed E-state index contributed by atoms with van der Waals surface area (Å²) in [5, 5.41) is 6.24. The van der Waals surface area contributed by atoms with Gasteiger partial charge in [0.1, 0.15) is 6.04 Å². The number of fused-ring (bicyclic) bond motifs is 3. The molecule has 170 valence electrons. The van der Waals surface area contributed by atoms with Crippen molar-refractivity contribution in [3.05, 3.63) is 76.2 Å². The Balaban J connectivity index is 1.39. The van der Waals surface area contributed by atoms with Crippen LogP contribution in [0.4, 0.5) is 0 Å². The van der Waals surface area contributed by atoms with Gasteiger partial charge in [-0.25, -0.2) is 4.68 Å². The molecule has 0 aliphatic carbocycles. The summed E-state index contributed by atoms with van der Waals surface area (Å²) in [6.07, 6.45) is 0.531. The minimum absolute atomic E-state index is 0.00949. The number of nitrogens with zero attached hydrogens (tertiary/aromatic N) is 4. The highest BCUT2D eigenvalue weighted by molar-refractivity contribution is 7.26. The number of benzene rings is 2. The molecule has 5 rings (SSSR count). The minimum Gasteiger partial charge on any atom is -0.338 e. The van der Waals surface area contributed by atoms with Crippen LogP contribution in [0.5, 0.6) is 0 Å². The molecule has 1 fully saturated rings. The van der Waals surface area contributed by atoms with Crippen molar-refractivity contribution in [1.29, 1.82) is 0 Å². The van der Waals surface area contributed by atoms with Gasteiger partial charge in [-0.1, -0.05) is 55.5 Å². The van der Waals surface area contributed by atoms with Crippen molar-refractivity contribution < 1.29 is 4.79 Å². The van der Waals surface area contributed by atoms with E-state index in [4.69, 9.17) is 0 Å². The zero-order valence-corrected chi connectivity index (χ0v) is 19.8. The number of rotatable bonds is 5. The molecule has 1 aliphatic heterocycles. The Morgan fingerprint density at radius 3 is 2.45 bits per heavy atom. The predicted molar refractivity (Wildman–Crippen MR) is 134 cm³/mol. The van der Waals surface area contributed by atoms with Crippen LogP contribution >= 0.6 is 11.3 Å². The number of hydrogen-bond acceptors (Lipinski definition) is 5. The molecular weight excluding hydrogens is 432 g/mol. The molecule has 2 aromatic carbocycles. The third kappa shape index (κ3) is 4.07. The Morgan fingerprint density at radius 2 is 1.73 bits per heavy atom. The fourth-order valence-corrected chi connectivity index (χ4v) is 5.86. The Morgan fingerprint density at radius 1 is 1.03 bits per heavy atom. The molecule has 0 bridgehead atoms. The van der Waals surface area contributed by atoms with Gasteiger partial charge in [-0.15, -0.1) is 11.3 Å². The second-order valence-electron chi connectivity index (χ2n) is 8.65. The molecule has 1 unspecified atom stereocenters. The first-order valence-electron chi connectivity index (χ1n) is 11.5. The number of thiophene rings is 1. The van der Waals surface area contributed by atoms with Crippen LogP contribution < -0.4 is 5.56 Å². The first-order chi connectivity index (χ1) is 16.1. The Kier molecular flexibility index (Phi) is 6.00.